The van der Waals surface area contributed by atoms with Gasteiger partial charge in [0.25, 0.3) is 0 Å². The van der Waals surface area contributed by atoms with Gasteiger partial charge in [0.15, 0.2) is 69.3 Å². The average molecular weight is 2190 g/mol. The van der Waals surface area contributed by atoms with Crippen molar-refractivity contribution >= 4 is 178 Å². The number of benzene rings is 5. The summed E-state index contributed by atoms with van der Waals surface area (Å²) in [6.45, 7) is 17.7. The minimum absolute atomic E-state index is 0. The first kappa shape index (κ1) is 115. The van der Waals surface area contributed by atoms with E-state index in [0.717, 1.165) is 53.6 Å². The summed E-state index contributed by atoms with van der Waals surface area (Å²) in [5, 5.41) is 14.7. The molecule has 0 aliphatic carbocycles. The van der Waals surface area contributed by atoms with E-state index in [4.69, 9.17) is 71.4 Å². The zero-order chi connectivity index (χ0) is 93.7. The molecule has 4 unspecified atom stereocenters. The zero-order valence-corrected chi connectivity index (χ0v) is 85.9. The first-order valence-corrected chi connectivity index (χ1v) is 55.2. The number of carbonyl (C=O) groups is 10. The molecule has 3 aliphatic heterocycles. The van der Waals surface area contributed by atoms with Gasteiger partial charge in [-0.15, -0.1) is 47.0 Å². The van der Waals surface area contributed by atoms with Gasteiger partial charge in [-0.2, -0.15) is 5.10 Å². The first-order chi connectivity index (χ1) is 57.9. The monoisotopic (exact) mass is 2180 g/mol. The number of ketones is 2. The summed E-state index contributed by atoms with van der Waals surface area (Å²) in [7, 11) is 24.2. The fourth-order valence-corrected chi connectivity index (χ4v) is 18.7. The van der Waals surface area contributed by atoms with Crippen LogP contribution in [0.4, 0.5) is 0 Å². The van der Waals surface area contributed by atoms with Crippen LogP contribution in [0.1, 0.15) is 130 Å². The maximum absolute atomic E-state index is 12.8. The van der Waals surface area contributed by atoms with Crippen molar-refractivity contribution in [3.05, 3.63) is 124 Å². The Morgan fingerprint density at radius 1 is 0.500 bits per heavy atom. The van der Waals surface area contributed by atoms with Crippen LogP contribution in [0, 0.1) is 11.8 Å². The molecule has 5 aromatic carbocycles. The van der Waals surface area contributed by atoms with Gasteiger partial charge in [-0.25, -0.2) is 14.6 Å². The second-order valence-corrected chi connectivity index (χ2v) is 69.5. The van der Waals surface area contributed by atoms with Gasteiger partial charge < -0.3 is 80.9 Å². The van der Waals surface area contributed by atoms with Gasteiger partial charge in [0.1, 0.15) is 17.1 Å². The molecule has 5 aromatic rings. The van der Waals surface area contributed by atoms with E-state index < -0.39 is 85.1 Å². The van der Waals surface area contributed by atoms with Crippen LogP contribution in [0.2, 0.25) is 0 Å². The molecule has 8 rings (SSSR count). The number of carboxylic acid groups (broad SMARTS) is 1. The number of thioether (sulfide) groups is 4. The van der Waals surface area contributed by atoms with E-state index in [-0.39, 0.29) is 36.0 Å². The second kappa shape index (κ2) is 55.5. The van der Waals surface area contributed by atoms with Gasteiger partial charge >= 0.3 is 107 Å². The summed E-state index contributed by atoms with van der Waals surface area (Å²) < 4.78 is 81.6. The maximum atomic E-state index is 12.8. The van der Waals surface area contributed by atoms with E-state index in [9.17, 15) is 47.9 Å². The van der Waals surface area contributed by atoms with Gasteiger partial charge in [-0.05, 0) is 192 Å². The molecular weight excluding hydrogens is 2060 g/mol. The number of Topliss-reactive ketones (excluding diaryl/α,β-unsaturated/α-hetero) is 2. The number of hydrogen-bond acceptors (Lipinski definition) is 31. The molecule has 690 valence electrons. The van der Waals surface area contributed by atoms with E-state index in [1.54, 1.807) is 134 Å². The number of hydrogen-bond donors (Lipinski definition) is 1. The van der Waals surface area contributed by atoms with Crippen molar-refractivity contribution in [1.29, 1.82) is 0 Å². The Labute approximate surface area is 784 Å². The molecule has 29 nitrogen and oxygen atoms in total. The number of halogens is 3. The van der Waals surface area contributed by atoms with Crippen LogP contribution in [0.25, 0.3) is 5.57 Å². The molecule has 0 radical (unpaired) electrons. The summed E-state index contributed by atoms with van der Waals surface area (Å²) in [6.07, 6.45) is 2.62. The number of carboxylic acids is 1. The molecule has 0 bridgehead atoms. The fraction of sp³-hybridized carbons (Fsp3) is 0.506. The second-order valence-electron chi connectivity index (χ2n) is 27.7. The summed E-state index contributed by atoms with van der Waals surface area (Å²) >= 11 is 15.0. The molecule has 3 heterocycles. The Morgan fingerprint density at radius 3 is 1.21 bits per heavy atom. The van der Waals surface area contributed by atoms with Gasteiger partial charge in [-0.1, -0.05) is 44.7 Å². The van der Waals surface area contributed by atoms with Crippen LogP contribution >= 0.6 is 107 Å². The number of methoxy groups -OCH3 is 16. The topological polar surface area (TPSA) is 354 Å². The van der Waals surface area contributed by atoms with Crippen molar-refractivity contribution in [1.82, 2.24) is 5.01 Å². The third-order valence-electron chi connectivity index (χ3n) is 20.8. The van der Waals surface area contributed by atoms with Crippen LogP contribution in [-0.4, -0.2) is 228 Å². The number of rotatable bonds is 28. The standard InChI is InChI=1S/C20H28O6S2.C17H22O7.C15H20N2O3.C15H18O6.C14H18O5.C5H10S2.CH4.3HI.V/c1-19(20(2)27-10-7-11-28-20,16(17(21)25-5)18(22)26-6)13-8-9-14(23-3)15(12-13)24-4;1-10(18)17(2,14(15(19)23-5)16(20)24-6)11-7-8-12(21-3)13(9-11)22-4;1-10-15(2,9-14(18)17(3)16-10)11-6-7-12(19-4)13(8-11)20-5;1-9(13(14(16)20-4)15(17)21-5)10-6-7-11(18-2)12(8-10)19-3;1-9(15)14(2,8-13(16)17)10-5-6-11(18-3)12(7-10)19-4;1-5-6-3-2-4-7-5;;;;;/h8-9,12,16H,7,10-11H2,1-6H3;7-9,14H,1-6H3;6-8H,9H2,1-5H3;6-8H,1-5H3;5-7H,8H2,1-4H3,(H,16,17);5H,2-4H2,1H3;1H4;3*1H;/q;;;;;;;;;;+3/p-3. The number of nitrogens with zero attached hydrogens (tertiary/aromatic N) is 2. The van der Waals surface area contributed by atoms with Crippen molar-refractivity contribution in [3.8, 4) is 57.5 Å². The summed E-state index contributed by atoms with van der Waals surface area (Å²) in [5.41, 5.74) is 0.699. The zero-order valence-electron chi connectivity index (χ0n) is 74.7. The summed E-state index contributed by atoms with van der Waals surface area (Å²) in [4.78, 5) is 120. The molecule has 0 saturated carbocycles. The summed E-state index contributed by atoms with van der Waals surface area (Å²) in [6, 6.07) is 26.0. The molecule has 1 amide bonds. The van der Waals surface area contributed by atoms with E-state index in [1.807, 2.05) is 51.1 Å². The predicted molar refractivity (Wildman–Crippen MR) is 509 cm³/mol. The minimum atomic E-state index is -1.49. The Hall–Kier alpha value is -7.22. The summed E-state index contributed by atoms with van der Waals surface area (Å²) in [5.74, 6) is 1.36. The van der Waals surface area contributed by atoms with E-state index >= 15 is 0 Å². The average Bonchev–Trinajstić information content (AvgIpc) is 0.722. The fourth-order valence-electron chi connectivity index (χ4n) is 12.9. The Kier molecular flexibility index (Phi) is 51.4. The Morgan fingerprint density at radius 2 is 0.847 bits per heavy atom. The molecule has 1 N–H and O–H groups in total. The van der Waals surface area contributed by atoms with Gasteiger partial charge in [-0.3, -0.25) is 38.4 Å². The van der Waals surface area contributed by atoms with Crippen molar-refractivity contribution in [2.24, 2.45) is 16.9 Å². The van der Waals surface area contributed by atoms with E-state index in [0.29, 0.717) is 86.2 Å². The van der Waals surface area contributed by atoms with Gasteiger partial charge in [0.2, 0.25) is 5.91 Å². The number of carbonyl (C=O) groups excluding carboxylic acids is 9. The number of amides is 1. The third-order valence-corrected chi connectivity index (χ3v) is 27.3. The first-order valence-electron chi connectivity index (χ1n) is 37.6. The Bertz CT molecular complexity index is 4420. The molecule has 37 heteroatoms. The van der Waals surface area contributed by atoms with Crippen LogP contribution in [0.3, 0.4) is 0 Å². The van der Waals surface area contributed by atoms with E-state index in [2.05, 4.69) is 112 Å². The molecule has 4 atom stereocenters. The normalized spacial score (nSPS) is 15.6. The van der Waals surface area contributed by atoms with Gasteiger partial charge in [0, 0.05) is 34.6 Å². The molecular formula is C87H120I3N2O27S4V. The molecule has 2 fully saturated rings. The number of hydrazone groups is 1. The van der Waals surface area contributed by atoms with Crippen LogP contribution in [0.5, 0.6) is 57.5 Å². The van der Waals surface area contributed by atoms with Crippen molar-refractivity contribution < 1.29 is 134 Å². The Balaban J connectivity index is 0.000000752. The molecule has 0 aromatic heterocycles. The quantitative estimate of drug-likeness (QED) is 0.0121. The SMILES string of the molecule is C.CC1SCCCS1.COC(=O)C(C(=O)OC)=C(C)c1ccc(OC)c(OC)c1.COC(=O)C(C(=O)OC)C(C)(C(C)=O)c1ccc(OC)c(OC)c1.COC(=O)C(C(=O)OC)C(C)(c1ccc(OC)c(OC)c1)C1(C)SCCCS1.COc1ccc(C(C)(CC(=O)O)C(C)=O)cc1OC.COc1ccc(C2(C)CC(=O)N(C)N=C2C)cc1OC.[I][V]([I])[I]. The van der Waals surface area contributed by atoms with Crippen LogP contribution in [0.15, 0.2) is 102 Å². The molecule has 2 saturated heterocycles. The van der Waals surface area contributed by atoms with Crippen molar-refractivity contribution in [2.75, 3.05) is 144 Å². The van der Waals surface area contributed by atoms with E-state index in [1.165, 1.54) is 115 Å². The predicted octanol–water partition coefficient (Wildman–Crippen LogP) is 16.6. The molecule has 3 aliphatic rings. The number of allylic oxidation sites excluding steroid dienone is 1. The van der Waals surface area contributed by atoms with Crippen molar-refractivity contribution in [2.45, 2.75) is 133 Å². The van der Waals surface area contributed by atoms with Crippen LogP contribution in [-0.2, 0) is 103 Å². The molecule has 0 spiro atoms. The third kappa shape index (κ3) is 30.5. The van der Waals surface area contributed by atoms with Crippen molar-refractivity contribution in [3.63, 3.8) is 0 Å². The number of aliphatic carboxylic acids is 1. The van der Waals surface area contributed by atoms with Crippen LogP contribution < -0.4 is 47.4 Å². The van der Waals surface area contributed by atoms with Gasteiger partial charge in [0.05, 0.1) is 135 Å². The molecule has 124 heavy (non-hydrogen) atoms. The number of esters is 6. The number of ether oxygens (including phenoxy) is 16.